The number of likely N-dealkylation sites (N-methyl/N-ethyl adjacent to an activating group) is 1. The number of ether oxygens (including phenoxy) is 1. The molecule has 20 heavy (non-hydrogen) atoms. The van der Waals surface area contributed by atoms with Crippen LogP contribution in [0.5, 0.6) is 0 Å². The van der Waals surface area contributed by atoms with E-state index >= 15 is 0 Å². The fraction of sp³-hybridized carbons (Fsp3) is 0.600. The van der Waals surface area contributed by atoms with E-state index in [0.717, 1.165) is 12.2 Å². The summed E-state index contributed by atoms with van der Waals surface area (Å²) in [6.45, 7) is 11.3. The van der Waals surface area contributed by atoms with Gasteiger partial charge in [0.15, 0.2) is 5.78 Å². The van der Waals surface area contributed by atoms with Crippen molar-refractivity contribution in [2.24, 2.45) is 0 Å². The summed E-state index contributed by atoms with van der Waals surface area (Å²) in [5.41, 5.74) is 2.67. The molecule has 1 aromatic heterocycles. The first kappa shape index (κ1) is 16.4. The molecule has 0 bridgehead atoms. The number of esters is 1. The van der Waals surface area contributed by atoms with Crippen LogP contribution >= 0.6 is 0 Å². The van der Waals surface area contributed by atoms with Crippen molar-refractivity contribution in [3.63, 3.8) is 0 Å². The van der Waals surface area contributed by atoms with Crippen LogP contribution in [-0.4, -0.2) is 36.0 Å². The van der Waals surface area contributed by atoms with Crippen LogP contribution in [0.15, 0.2) is 0 Å². The number of nitrogens with one attached hydrogen (secondary N) is 1. The minimum Gasteiger partial charge on any atom is -0.461 e. The minimum atomic E-state index is -0.363. The number of carbonyl (C=O) groups is 2. The van der Waals surface area contributed by atoms with E-state index in [4.69, 9.17) is 4.74 Å². The van der Waals surface area contributed by atoms with E-state index < -0.39 is 0 Å². The van der Waals surface area contributed by atoms with Crippen molar-refractivity contribution < 1.29 is 14.3 Å². The van der Waals surface area contributed by atoms with E-state index in [9.17, 15) is 9.59 Å². The summed E-state index contributed by atoms with van der Waals surface area (Å²) in [4.78, 5) is 24.4. The molecule has 0 amide bonds. The molecular weight excluding hydrogens is 256 g/mol. The summed E-state index contributed by atoms with van der Waals surface area (Å²) in [5.74, 6) is -0.350. The van der Waals surface area contributed by atoms with E-state index in [2.05, 4.69) is 5.32 Å². The zero-order valence-electron chi connectivity index (χ0n) is 13.0. The van der Waals surface area contributed by atoms with Gasteiger partial charge in [-0.15, -0.1) is 0 Å². The van der Waals surface area contributed by atoms with Crippen molar-refractivity contribution in [2.75, 3.05) is 19.7 Å². The van der Waals surface area contributed by atoms with Crippen LogP contribution in [0.1, 0.15) is 52.9 Å². The molecule has 1 rings (SSSR count). The molecule has 5 heteroatoms. The van der Waals surface area contributed by atoms with E-state index in [-0.39, 0.29) is 18.3 Å². The van der Waals surface area contributed by atoms with Gasteiger partial charge >= 0.3 is 5.97 Å². The first-order chi connectivity index (χ1) is 9.49. The molecule has 0 saturated carbocycles. The van der Waals surface area contributed by atoms with Crippen LogP contribution in [0.2, 0.25) is 0 Å². The van der Waals surface area contributed by atoms with Crippen LogP contribution < -0.4 is 5.32 Å². The molecule has 0 unspecified atom stereocenters. The van der Waals surface area contributed by atoms with Crippen molar-refractivity contribution >= 4 is 11.8 Å². The van der Waals surface area contributed by atoms with Crippen LogP contribution in [0.3, 0.4) is 0 Å². The van der Waals surface area contributed by atoms with Gasteiger partial charge in [-0.1, -0.05) is 6.92 Å². The molecule has 0 saturated heterocycles. The lowest BCUT2D eigenvalue weighted by molar-refractivity contribution is 0.0512. The monoisotopic (exact) mass is 280 g/mol. The normalized spacial score (nSPS) is 10.7. The Bertz CT molecular complexity index is 504. The van der Waals surface area contributed by atoms with Crippen LogP contribution in [0, 0.1) is 13.8 Å². The molecule has 0 aliphatic heterocycles. The predicted octanol–water partition coefficient (Wildman–Crippen LogP) is 2.09. The summed E-state index contributed by atoms with van der Waals surface area (Å²) >= 11 is 0. The Hall–Kier alpha value is -1.62. The Kier molecular flexibility index (Phi) is 5.95. The maximum atomic E-state index is 12.3. The number of ketones is 1. The maximum absolute atomic E-state index is 12.3. The van der Waals surface area contributed by atoms with E-state index in [0.29, 0.717) is 30.0 Å². The van der Waals surface area contributed by atoms with E-state index in [1.807, 2.05) is 32.3 Å². The Morgan fingerprint density at radius 2 is 1.85 bits per heavy atom. The SMILES string of the molecule is CCNCC(=O)c1c(C)c(C(=O)OCC)n(CC)c1C. The fourth-order valence-corrected chi connectivity index (χ4v) is 2.49. The highest BCUT2D eigenvalue weighted by Crippen LogP contribution is 2.23. The van der Waals surface area contributed by atoms with Gasteiger partial charge < -0.3 is 14.6 Å². The quantitative estimate of drug-likeness (QED) is 0.614. The second-order valence-corrected chi connectivity index (χ2v) is 4.60. The number of rotatable bonds is 7. The van der Waals surface area contributed by atoms with Gasteiger partial charge in [-0.25, -0.2) is 4.79 Å². The Labute approximate surface area is 120 Å². The minimum absolute atomic E-state index is 0.0135. The first-order valence-corrected chi connectivity index (χ1v) is 7.10. The number of hydrogen-bond donors (Lipinski definition) is 1. The van der Waals surface area contributed by atoms with Gasteiger partial charge in [-0.2, -0.15) is 0 Å². The third-order valence-electron chi connectivity index (χ3n) is 3.37. The van der Waals surface area contributed by atoms with E-state index in [1.165, 1.54) is 0 Å². The molecule has 0 atom stereocenters. The van der Waals surface area contributed by atoms with Gasteiger partial charge in [0.25, 0.3) is 0 Å². The van der Waals surface area contributed by atoms with Crippen LogP contribution in [0.4, 0.5) is 0 Å². The van der Waals surface area contributed by atoms with Gasteiger partial charge in [0.05, 0.1) is 13.2 Å². The van der Waals surface area contributed by atoms with Crippen molar-refractivity contribution in [1.82, 2.24) is 9.88 Å². The Morgan fingerprint density at radius 1 is 1.20 bits per heavy atom. The molecule has 0 radical (unpaired) electrons. The van der Waals surface area contributed by atoms with Crippen molar-refractivity contribution in [1.29, 1.82) is 0 Å². The lowest BCUT2D eigenvalue weighted by Gasteiger charge is -2.08. The summed E-state index contributed by atoms with van der Waals surface area (Å²) < 4.78 is 6.95. The topological polar surface area (TPSA) is 60.3 Å². The van der Waals surface area contributed by atoms with Crippen molar-refractivity contribution in [2.45, 2.75) is 41.2 Å². The summed E-state index contributed by atoms with van der Waals surface area (Å²) in [6.07, 6.45) is 0. The average Bonchev–Trinajstić information content (AvgIpc) is 2.67. The number of hydrogen-bond acceptors (Lipinski definition) is 4. The summed E-state index contributed by atoms with van der Waals surface area (Å²) in [7, 11) is 0. The standard InChI is InChI=1S/C15H24N2O3/c1-6-16-9-12(18)13-10(4)14(15(19)20-8-3)17(7-2)11(13)5/h16H,6-9H2,1-5H3. The maximum Gasteiger partial charge on any atom is 0.355 e. The summed E-state index contributed by atoms with van der Waals surface area (Å²) in [5, 5.41) is 3.03. The molecule has 0 fully saturated rings. The first-order valence-electron chi connectivity index (χ1n) is 7.10. The highest BCUT2D eigenvalue weighted by Gasteiger charge is 2.25. The number of nitrogens with zero attached hydrogens (tertiary/aromatic N) is 1. The number of aromatic nitrogens is 1. The van der Waals surface area contributed by atoms with Crippen LogP contribution in [-0.2, 0) is 11.3 Å². The molecule has 1 N–H and O–H groups in total. The smallest absolute Gasteiger partial charge is 0.355 e. The molecule has 5 nitrogen and oxygen atoms in total. The third-order valence-corrected chi connectivity index (χ3v) is 3.37. The van der Waals surface area contributed by atoms with Crippen molar-refractivity contribution in [3.05, 3.63) is 22.5 Å². The van der Waals surface area contributed by atoms with Gasteiger partial charge in [-0.05, 0) is 39.8 Å². The molecule has 0 aliphatic carbocycles. The molecule has 1 aromatic rings. The number of carbonyl (C=O) groups excluding carboxylic acids is 2. The highest BCUT2D eigenvalue weighted by atomic mass is 16.5. The summed E-state index contributed by atoms with van der Waals surface area (Å²) in [6, 6.07) is 0. The van der Waals surface area contributed by atoms with Gasteiger partial charge in [-0.3, -0.25) is 4.79 Å². The second kappa shape index (κ2) is 7.24. The molecule has 112 valence electrons. The molecule has 1 heterocycles. The molecule has 0 spiro atoms. The highest BCUT2D eigenvalue weighted by molar-refractivity contribution is 6.03. The lowest BCUT2D eigenvalue weighted by atomic mass is 10.1. The largest absolute Gasteiger partial charge is 0.461 e. The lowest BCUT2D eigenvalue weighted by Crippen LogP contribution is -2.23. The zero-order valence-corrected chi connectivity index (χ0v) is 13.0. The fourth-order valence-electron chi connectivity index (χ4n) is 2.49. The van der Waals surface area contributed by atoms with Crippen LogP contribution in [0.25, 0.3) is 0 Å². The second-order valence-electron chi connectivity index (χ2n) is 4.60. The average molecular weight is 280 g/mol. The zero-order chi connectivity index (χ0) is 15.3. The van der Waals surface area contributed by atoms with E-state index in [1.54, 1.807) is 6.92 Å². The Balaban J connectivity index is 3.27. The molecular formula is C15H24N2O3. The van der Waals surface area contributed by atoms with Gasteiger partial charge in [0.1, 0.15) is 5.69 Å². The number of Topliss-reactive ketones (excluding diaryl/α,β-unsaturated/α-hetero) is 1. The van der Waals surface area contributed by atoms with Crippen molar-refractivity contribution in [3.8, 4) is 0 Å². The molecule has 0 aromatic carbocycles. The van der Waals surface area contributed by atoms with Gasteiger partial charge in [0, 0.05) is 17.8 Å². The van der Waals surface area contributed by atoms with Gasteiger partial charge in [0.2, 0.25) is 0 Å². The third kappa shape index (κ3) is 3.10. The predicted molar refractivity (Wildman–Crippen MR) is 78.4 cm³/mol. The molecule has 0 aliphatic rings. The Morgan fingerprint density at radius 3 is 2.35 bits per heavy atom.